The van der Waals surface area contributed by atoms with Crippen molar-refractivity contribution >= 4 is 16.9 Å². The largest absolute Gasteiger partial charge is 0.478 e. The molecular weight excluding hydrogens is 184 g/mol. The summed E-state index contributed by atoms with van der Waals surface area (Å²) in [4.78, 5) is 10.8. The fourth-order valence-electron chi connectivity index (χ4n) is 1.40. The van der Waals surface area contributed by atoms with E-state index in [-0.39, 0.29) is 12.2 Å². The van der Waals surface area contributed by atoms with Crippen LogP contribution in [0.3, 0.4) is 0 Å². The highest BCUT2D eigenvalue weighted by Gasteiger charge is 2.13. The minimum atomic E-state index is -1.03. The van der Waals surface area contributed by atoms with Crippen LogP contribution in [0.15, 0.2) is 28.9 Å². The summed E-state index contributed by atoms with van der Waals surface area (Å²) in [6, 6.07) is 4.81. The highest BCUT2D eigenvalue weighted by molar-refractivity contribution is 6.01. The Balaban J connectivity index is 2.76. The van der Waals surface area contributed by atoms with E-state index in [2.05, 4.69) is 0 Å². The molecular formula is C10H8O4. The number of aromatic carboxylic acids is 1. The molecule has 1 aromatic heterocycles. The second-order valence-corrected chi connectivity index (χ2v) is 2.91. The molecule has 0 radical (unpaired) electrons. The number of para-hydroxylation sites is 1. The van der Waals surface area contributed by atoms with Gasteiger partial charge in [-0.05, 0) is 6.07 Å². The zero-order valence-electron chi connectivity index (χ0n) is 7.23. The van der Waals surface area contributed by atoms with Crippen molar-refractivity contribution in [1.29, 1.82) is 0 Å². The Hall–Kier alpha value is -1.81. The number of carbonyl (C=O) groups is 1. The van der Waals surface area contributed by atoms with E-state index in [9.17, 15) is 4.79 Å². The van der Waals surface area contributed by atoms with Gasteiger partial charge in [-0.3, -0.25) is 0 Å². The molecule has 4 nitrogen and oxygen atoms in total. The lowest BCUT2D eigenvalue weighted by atomic mass is 10.1. The van der Waals surface area contributed by atoms with Crippen LogP contribution >= 0.6 is 0 Å². The predicted molar refractivity (Wildman–Crippen MR) is 49.1 cm³/mol. The second-order valence-electron chi connectivity index (χ2n) is 2.91. The summed E-state index contributed by atoms with van der Waals surface area (Å²) >= 11 is 0. The standard InChI is InChI=1S/C10H8O4/c11-4-6-5-14-9-7(6)2-1-3-8(9)10(12)13/h1-3,5,11H,4H2,(H,12,13). The van der Waals surface area contributed by atoms with Gasteiger partial charge in [0.2, 0.25) is 0 Å². The molecule has 0 bridgehead atoms. The van der Waals surface area contributed by atoms with Gasteiger partial charge in [-0.15, -0.1) is 0 Å². The number of carboxylic acids is 1. The van der Waals surface area contributed by atoms with Crippen molar-refractivity contribution in [2.24, 2.45) is 0 Å². The van der Waals surface area contributed by atoms with Gasteiger partial charge in [0.1, 0.15) is 11.1 Å². The normalized spacial score (nSPS) is 10.6. The SMILES string of the molecule is O=C(O)c1cccc2c(CO)coc12. The maximum atomic E-state index is 10.8. The van der Waals surface area contributed by atoms with Crippen LogP contribution in [-0.2, 0) is 6.61 Å². The molecule has 0 spiro atoms. The molecule has 0 fully saturated rings. The van der Waals surface area contributed by atoms with E-state index in [1.54, 1.807) is 12.1 Å². The van der Waals surface area contributed by atoms with Crippen LogP contribution in [0.25, 0.3) is 11.0 Å². The molecule has 0 aliphatic heterocycles. The van der Waals surface area contributed by atoms with Gasteiger partial charge in [0, 0.05) is 10.9 Å². The van der Waals surface area contributed by atoms with Crippen LogP contribution in [0.2, 0.25) is 0 Å². The Labute approximate surface area is 79.4 Å². The topological polar surface area (TPSA) is 70.7 Å². The average molecular weight is 192 g/mol. The Bertz CT molecular complexity index is 484. The van der Waals surface area contributed by atoms with Crippen molar-refractivity contribution in [3.63, 3.8) is 0 Å². The van der Waals surface area contributed by atoms with Crippen molar-refractivity contribution in [3.05, 3.63) is 35.6 Å². The molecule has 0 saturated carbocycles. The molecule has 1 heterocycles. The lowest BCUT2D eigenvalue weighted by Crippen LogP contribution is -1.95. The van der Waals surface area contributed by atoms with Gasteiger partial charge in [-0.25, -0.2) is 4.79 Å². The average Bonchev–Trinajstić information content (AvgIpc) is 2.59. The summed E-state index contributed by atoms with van der Waals surface area (Å²) in [6.45, 7) is -0.157. The first-order chi connectivity index (χ1) is 6.74. The van der Waals surface area contributed by atoms with Crippen LogP contribution < -0.4 is 0 Å². The van der Waals surface area contributed by atoms with E-state index in [4.69, 9.17) is 14.6 Å². The van der Waals surface area contributed by atoms with E-state index < -0.39 is 5.97 Å². The molecule has 4 heteroatoms. The number of benzene rings is 1. The Morgan fingerprint density at radius 1 is 1.43 bits per heavy atom. The van der Waals surface area contributed by atoms with E-state index in [0.717, 1.165) is 0 Å². The number of rotatable bonds is 2. The van der Waals surface area contributed by atoms with Crippen molar-refractivity contribution in [2.75, 3.05) is 0 Å². The smallest absolute Gasteiger partial charge is 0.339 e. The fourth-order valence-corrected chi connectivity index (χ4v) is 1.40. The summed E-state index contributed by atoms with van der Waals surface area (Å²) in [5.41, 5.74) is 1.02. The first-order valence-electron chi connectivity index (χ1n) is 4.07. The van der Waals surface area contributed by atoms with Crippen molar-refractivity contribution in [3.8, 4) is 0 Å². The second kappa shape index (κ2) is 3.16. The predicted octanol–water partition coefficient (Wildman–Crippen LogP) is 1.62. The number of fused-ring (bicyclic) bond motifs is 1. The van der Waals surface area contributed by atoms with E-state index in [0.29, 0.717) is 16.5 Å². The van der Waals surface area contributed by atoms with Gasteiger partial charge in [0.15, 0.2) is 0 Å². The summed E-state index contributed by atoms with van der Waals surface area (Å²) in [5, 5.41) is 18.4. The van der Waals surface area contributed by atoms with Crippen LogP contribution in [0.1, 0.15) is 15.9 Å². The first kappa shape index (κ1) is 8.77. The van der Waals surface area contributed by atoms with Crippen LogP contribution in [0, 0.1) is 0 Å². The van der Waals surface area contributed by atoms with Crippen LogP contribution in [0.4, 0.5) is 0 Å². The molecule has 1 aromatic carbocycles. The molecule has 2 rings (SSSR count). The zero-order chi connectivity index (χ0) is 10.1. The van der Waals surface area contributed by atoms with Crippen molar-refractivity contribution in [1.82, 2.24) is 0 Å². The van der Waals surface area contributed by atoms with Gasteiger partial charge >= 0.3 is 5.97 Å². The van der Waals surface area contributed by atoms with Gasteiger partial charge in [-0.2, -0.15) is 0 Å². The Morgan fingerprint density at radius 2 is 2.21 bits per heavy atom. The van der Waals surface area contributed by atoms with Gasteiger partial charge in [0.05, 0.1) is 12.9 Å². The highest BCUT2D eigenvalue weighted by atomic mass is 16.4. The molecule has 0 unspecified atom stereocenters. The van der Waals surface area contributed by atoms with Gasteiger partial charge in [0.25, 0.3) is 0 Å². The highest BCUT2D eigenvalue weighted by Crippen LogP contribution is 2.24. The van der Waals surface area contributed by atoms with Crippen LogP contribution in [0.5, 0.6) is 0 Å². The minimum Gasteiger partial charge on any atom is -0.478 e. The summed E-state index contributed by atoms with van der Waals surface area (Å²) in [7, 11) is 0. The number of carboxylic acid groups (broad SMARTS) is 1. The van der Waals surface area contributed by atoms with Gasteiger partial charge in [-0.1, -0.05) is 12.1 Å². The maximum absolute atomic E-state index is 10.8. The van der Waals surface area contributed by atoms with E-state index >= 15 is 0 Å². The third-order valence-corrected chi connectivity index (χ3v) is 2.08. The third-order valence-electron chi connectivity index (χ3n) is 2.08. The number of aliphatic hydroxyl groups is 1. The van der Waals surface area contributed by atoms with Crippen LogP contribution in [-0.4, -0.2) is 16.2 Å². The van der Waals surface area contributed by atoms with E-state index in [1.165, 1.54) is 12.3 Å². The molecule has 0 aliphatic carbocycles. The molecule has 0 saturated heterocycles. The fraction of sp³-hybridized carbons (Fsp3) is 0.100. The summed E-state index contributed by atoms with van der Waals surface area (Å²) in [5.74, 6) is -1.03. The lowest BCUT2D eigenvalue weighted by molar-refractivity contribution is 0.0698. The number of aliphatic hydroxyl groups excluding tert-OH is 1. The lowest BCUT2D eigenvalue weighted by Gasteiger charge is -1.95. The minimum absolute atomic E-state index is 0.113. The van der Waals surface area contributed by atoms with Crippen molar-refractivity contribution < 1.29 is 19.4 Å². The maximum Gasteiger partial charge on any atom is 0.339 e. The summed E-state index contributed by atoms with van der Waals surface area (Å²) < 4.78 is 5.09. The summed E-state index contributed by atoms with van der Waals surface area (Å²) in [6.07, 6.45) is 1.37. The molecule has 0 aliphatic rings. The first-order valence-corrected chi connectivity index (χ1v) is 4.07. The van der Waals surface area contributed by atoms with Gasteiger partial charge < -0.3 is 14.6 Å². The molecule has 2 N–H and O–H groups in total. The molecule has 72 valence electrons. The number of furan rings is 1. The Morgan fingerprint density at radius 3 is 2.86 bits per heavy atom. The van der Waals surface area contributed by atoms with E-state index in [1.807, 2.05) is 0 Å². The molecule has 2 aromatic rings. The molecule has 14 heavy (non-hydrogen) atoms. The third kappa shape index (κ3) is 1.16. The molecule has 0 amide bonds. The van der Waals surface area contributed by atoms with Crippen molar-refractivity contribution in [2.45, 2.75) is 6.61 Å². The monoisotopic (exact) mass is 192 g/mol. The number of hydrogen-bond acceptors (Lipinski definition) is 3. The molecule has 0 atom stereocenters. The Kier molecular flexibility index (Phi) is 1.98. The quantitative estimate of drug-likeness (QED) is 0.758. The number of hydrogen-bond donors (Lipinski definition) is 2. The zero-order valence-corrected chi connectivity index (χ0v) is 7.23.